The second kappa shape index (κ2) is 6.11. The zero-order chi connectivity index (χ0) is 14.8. The molecule has 0 bridgehead atoms. The zero-order valence-corrected chi connectivity index (χ0v) is 13.8. The second-order valence-corrected chi connectivity index (χ2v) is 8.04. The molecule has 2 heterocycles. The Morgan fingerprint density at radius 1 is 1.40 bits per heavy atom. The molecule has 0 atom stereocenters. The van der Waals surface area contributed by atoms with Gasteiger partial charge in [-0.3, -0.25) is 0 Å². The van der Waals surface area contributed by atoms with Crippen LogP contribution in [-0.2, 0) is 16.4 Å². The van der Waals surface area contributed by atoms with Crippen molar-refractivity contribution in [3.05, 3.63) is 21.9 Å². The first kappa shape index (κ1) is 15.3. The zero-order valence-electron chi connectivity index (χ0n) is 11.3. The molecule has 5 nitrogen and oxygen atoms in total. The van der Waals surface area contributed by atoms with Gasteiger partial charge in [0.2, 0.25) is 0 Å². The fraction of sp³-hybridized carbons (Fsp3) is 0.417. The number of hydrogen-bond donors (Lipinski definition) is 2. The van der Waals surface area contributed by atoms with E-state index in [1.165, 1.54) is 5.56 Å². The molecule has 20 heavy (non-hydrogen) atoms. The lowest BCUT2D eigenvalue weighted by atomic mass is 10.2. The van der Waals surface area contributed by atoms with E-state index in [1.807, 2.05) is 19.2 Å². The minimum Gasteiger partial charge on any atom is -0.382 e. The molecule has 0 radical (unpaired) electrons. The molecular formula is C12H17N3O2S3. The number of thiophene rings is 1. The minimum atomic E-state index is -3.37. The molecule has 0 unspecified atom stereocenters. The van der Waals surface area contributed by atoms with Crippen molar-refractivity contribution >= 4 is 43.5 Å². The van der Waals surface area contributed by atoms with Gasteiger partial charge in [-0.15, -0.1) is 0 Å². The maximum Gasteiger partial charge on any atom is 0.185 e. The summed E-state index contributed by atoms with van der Waals surface area (Å²) in [6, 6.07) is 0. The van der Waals surface area contributed by atoms with Crippen molar-refractivity contribution in [1.82, 2.24) is 4.37 Å². The molecule has 8 heteroatoms. The summed E-state index contributed by atoms with van der Waals surface area (Å²) in [7, 11) is -3.37. The predicted octanol–water partition coefficient (Wildman–Crippen LogP) is 2.89. The van der Waals surface area contributed by atoms with E-state index in [9.17, 15) is 8.42 Å². The molecule has 2 aromatic heterocycles. The number of sulfone groups is 1. The number of nitrogen functional groups attached to an aromatic ring is 1. The van der Waals surface area contributed by atoms with Crippen LogP contribution in [0.1, 0.15) is 24.5 Å². The Bertz CT molecular complexity index is 689. The highest BCUT2D eigenvalue weighted by atomic mass is 32.2. The second-order valence-electron chi connectivity index (χ2n) is 4.48. The number of anilines is 2. The van der Waals surface area contributed by atoms with Gasteiger partial charge in [-0.05, 0) is 46.8 Å². The van der Waals surface area contributed by atoms with Crippen LogP contribution in [-0.4, -0.2) is 18.5 Å². The summed E-state index contributed by atoms with van der Waals surface area (Å²) >= 11 is 2.72. The van der Waals surface area contributed by atoms with Crippen molar-refractivity contribution in [2.45, 2.75) is 31.7 Å². The minimum absolute atomic E-state index is 0.0851. The number of aromatic nitrogens is 1. The van der Waals surface area contributed by atoms with E-state index in [4.69, 9.17) is 5.73 Å². The van der Waals surface area contributed by atoms with Crippen LogP contribution in [0.4, 0.5) is 10.8 Å². The van der Waals surface area contributed by atoms with Crippen LogP contribution in [0.3, 0.4) is 0 Å². The van der Waals surface area contributed by atoms with Gasteiger partial charge >= 0.3 is 0 Å². The van der Waals surface area contributed by atoms with E-state index < -0.39 is 9.84 Å². The third-order valence-electron chi connectivity index (χ3n) is 2.86. The van der Waals surface area contributed by atoms with Gasteiger partial charge in [0.25, 0.3) is 0 Å². The summed E-state index contributed by atoms with van der Waals surface area (Å²) in [6.45, 7) is 4.43. The van der Waals surface area contributed by atoms with Crippen LogP contribution < -0.4 is 11.1 Å². The van der Waals surface area contributed by atoms with E-state index >= 15 is 0 Å². The first-order valence-electron chi connectivity index (χ1n) is 6.19. The van der Waals surface area contributed by atoms with Gasteiger partial charge in [0, 0.05) is 6.54 Å². The molecule has 2 rings (SSSR count). The molecule has 0 aliphatic heterocycles. The third kappa shape index (κ3) is 3.13. The van der Waals surface area contributed by atoms with Gasteiger partial charge in [0.15, 0.2) is 15.7 Å². The van der Waals surface area contributed by atoms with Gasteiger partial charge in [0.05, 0.1) is 5.75 Å². The molecule has 0 saturated carbocycles. The molecule has 0 aromatic carbocycles. The molecule has 0 aliphatic carbocycles. The highest BCUT2D eigenvalue weighted by molar-refractivity contribution is 7.91. The van der Waals surface area contributed by atoms with Crippen molar-refractivity contribution in [2.24, 2.45) is 0 Å². The Morgan fingerprint density at radius 2 is 2.15 bits per heavy atom. The Labute approximate surface area is 126 Å². The topological polar surface area (TPSA) is 85.1 Å². The van der Waals surface area contributed by atoms with E-state index in [1.54, 1.807) is 11.3 Å². The first-order chi connectivity index (χ1) is 9.45. The van der Waals surface area contributed by atoms with Gasteiger partial charge < -0.3 is 11.1 Å². The van der Waals surface area contributed by atoms with Crippen LogP contribution in [0, 0.1) is 6.92 Å². The normalized spacial score (nSPS) is 11.7. The van der Waals surface area contributed by atoms with Gasteiger partial charge in [-0.2, -0.15) is 15.7 Å². The van der Waals surface area contributed by atoms with Crippen LogP contribution >= 0.6 is 22.9 Å². The molecular weight excluding hydrogens is 314 g/mol. The fourth-order valence-corrected chi connectivity index (χ4v) is 5.29. The number of rotatable bonds is 6. The molecule has 0 aliphatic rings. The van der Waals surface area contributed by atoms with E-state index in [2.05, 4.69) is 15.1 Å². The summed E-state index contributed by atoms with van der Waals surface area (Å²) in [4.78, 5) is 0.150. The van der Waals surface area contributed by atoms with Crippen molar-refractivity contribution in [3.8, 4) is 0 Å². The molecule has 2 aromatic rings. The van der Waals surface area contributed by atoms with Crippen molar-refractivity contribution in [2.75, 3.05) is 16.8 Å². The molecule has 0 amide bonds. The number of hydrogen-bond acceptors (Lipinski definition) is 7. The lowest BCUT2D eigenvalue weighted by molar-refractivity contribution is 0.595. The summed E-state index contributed by atoms with van der Waals surface area (Å²) < 4.78 is 28.4. The fourth-order valence-electron chi connectivity index (χ4n) is 1.82. The van der Waals surface area contributed by atoms with Crippen molar-refractivity contribution < 1.29 is 8.42 Å². The number of nitrogens with two attached hydrogens (primary N) is 1. The summed E-state index contributed by atoms with van der Waals surface area (Å²) in [5, 5.41) is 7.79. The lowest BCUT2D eigenvalue weighted by Crippen LogP contribution is -2.10. The van der Waals surface area contributed by atoms with E-state index in [0.29, 0.717) is 18.0 Å². The van der Waals surface area contributed by atoms with Crippen LogP contribution in [0.5, 0.6) is 0 Å². The van der Waals surface area contributed by atoms with Gasteiger partial charge in [-0.25, -0.2) is 8.42 Å². The van der Waals surface area contributed by atoms with Crippen molar-refractivity contribution in [3.63, 3.8) is 0 Å². The average molecular weight is 331 g/mol. The first-order valence-corrected chi connectivity index (χ1v) is 9.56. The average Bonchev–Trinajstić information content (AvgIpc) is 2.93. The summed E-state index contributed by atoms with van der Waals surface area (Å²) in [6.07, 6.45) is 0.556. The summed E-state index contributed by atoms with van der Waals surface area (Å²) in [5.41, 5.74) is 8.06. The van der Waals surface area contributed by atoms with E-state index in [0.717, 1.165) is 17.1 Å². The standard InChI is InChI=1S/C12H17N3O2S3/c1-3-4-20(16,17)10-11(13)15-19-12(10)14-5-9-7-18-6-8(9)2/h6-7,14H,3-5H2,1-2H3,(H2,13,15). The number of aryl methyl sites for hydroxylation is 1. The maximum absolute atomic E-state index is 12.2. The Hall–Kier alpha value is -1.12. The van der Waals surface area contributed by atoms with Crippen molar-refractivity contribution in [1.29, 1.82) is 0 Å². The highest BCUT2D eigenvalue weighted by Crippen LogP contribution is 2.33. The molecule has 110 valence electrons. The van der Waals surface area contributed by atoms with Gasteiger partial charge in [0.1, 0.15) is 9.90 Å². The largest absolute Gasteiger partial charge is 0.382 e. The lowest BCUT2D eigenvalue weighted by Gasteiger charge is -2.07. The molecule has 0 spiro atoms. The third-order valence-corrected chi connectivity index (χ3v) is 6.70. The monoisotopic (exact) mass is 331 g/mol. The predicted molar refractivity (Wildman–Crippen MR) is 85.3 cm³/mol. The summed E-state index contributed by atoms with van der Waals surface area (Å²) in [5.74, 6) is 0.176. The Kier molecular flexibility index (Phi) is 4.66. The molecule has 0 fully saturated rings. The van der Waals surface area contributed by atoms with E-state index in [-0.39, 0.29) is 16.5 Å². The van der Waals surface area contributed by atoms with Gasteiger partial charge in [-0.1, -0.05) is 6.92 Å². The molecule has 3 N–H and O–H groups in total. The number of nitrogens with zero attached hydrogens (tertiary/aromatic N) is 1. The quantitative estimate of drug-likeness (QED) is 0.850. The Balaban J connectivity index is 2.24. The smallest absolute Gasteiger partial charge is 0.185 e. The maximum atomic E-state index is 12.2. The van der Waals surface area contributed by atoms with Crippen LogP contribution in [0.15, 0.2) is 15.7 Å². The Morgan fingerprint density at radius 3 is 2.75 bits per heavy atom. The number of nitrogens with one attached hydrogen (secondary N) is 1. The molecule has 0 saturated heterocycles. The SMILES string of the molecule is CCCS(=O)(=O)c1c(N)nsc1NCc1cscc1C. The van der Waals surface area contributed by atoms with Crippen LogP contribution in [0.2, 0.25) is 0 Å². The highest BCUT2D eigenvalue weighted by Gasteiger charge is 2.24. The van der Waals surface area contributed by atoms with Crippen LogP contribution in [0.25, 0.3) is 0 Å².